The van der Waals surface area contributed by atoms with Gasteiger partial charge < -0.3 is 24.8 Å². The van der Waals surface area contributed by atoms with Crippen molar-refractivity contribution in [2.24, 2.45) is 0 Å². The number of aliphatic hydroxyl groups is 2. The summed E-state index contributed by atoms with van der Waals surface area (Å²) in [7, 11) is 0. The predicted molar refractivity (Wildman–Crippen MR) is 135 cm³/mol. The third kappa shape index (κ3) is 3.36. The van der Waals surface area contributed by atoms with Crippen LogP contribution < -0.4 is 10.2 Å². The second-order valence-electron chi connectivity index (χ2n) is 10.8. The van der Waals surface area contributed by atoms with Crippen molar-refractivity contribution in [2.75, 3.05) is 18.1 Å². The van der Waals surface area contributed by atoms with Crippen LogP contribution in [0, 0.1) is 23.3 Å². The van der Waals surface area contributed by atoms with Gasteiger partial charge in [-0.15, -0.1) is 0 Å². The molecule has 4 N–H and O–H groups in total. The Morgan fingerprint density at radius 1 is 1.00 bits per heavy atom. The number of aliphatic hydroxyl groups excluding tert-OH is 2. The molecule has 2 amide bonds. The Kier molecular flexibility index (Phi) is 5.16. The van der Waals surface area contributed by atoms with Crippen molar-refractivity contribution in [3.63, 3.8) is 0 Å². The lowest BCUT2D eigenvalue weighted by atomic mass is 9.84. The molecule has 7 rings (SSSR count). The number of aromatic amines is 1. The largest absolute Gasteiger partial charge is 0.393 e. The molecule has 40 heavy (non-hydrogen) atoms. The summed E-state index contributed by atoms with van der Waals surface area (Å²) in [5, 5.41) is 23.0. The van der Waals surface area contributed by atoms with Gasteiger partial charge in [0.25, 0.3) is 11.8 Å². The lowest BCUT2D eigenvalue weighted by Gasteiger charge is -2.36. The first kappa shape index (κ1) is 25.0. The number of hydrogen-bond acceptors (Lipinski definition) is 6. The van der Waals surface area contributed by atoms with E-state index in [4.69, 9.17) is 4.74 Å². The number of amides is 2. The van der Waals surface area contributed by atoms with Gasteiger partial charge in [0, 0.05) is 70.3 Å². The number of H-pyrrole nitrogens is 1. The van der Waals surface area contributed by atoms with Gasteiger partial charge in [0.05, 0.1) is 35.0 Å². The fourth-order valence-electron chi connectivity index (χ4n) is 6.32. The van der Waals surface area contributed by atoms with Gasteiger partial charge in [0.1, 0.15) is 6.10 Å². The van der Waals surface area contributed by atoms with Gasteiger partial charge in [-0.05, 0) is 19.1 Å². The van der Waals surface area contributed by atoms with Crippen LogP contribution in [0.2, 0.25) is 0 Å². The molecule has 3 aliphatic rings. The molecule has 0 radical (unpaired) electrons. The zero-order chi connectivity index (χ0) is 28.2. The molecular weight excluding hydrogens is 534 g/mol. The van der Waals surface area contributed by atoms with Crippen molar-refractivity contribution in [3.05, 3.63) is 64.2 Å². The van der Waals surface area contributed by atoms with Crippen molar-refractivity contribution in [1.29, 1.82) is 0 Å². The number of carbonyl (C=O) groups is 2. The van der Waals surface area contributed by atoms with Crippen LogP contribution in [0.15, 0.2) is 24.3 Å². The fraction of sp³-hybridized carbons (Fsp3) is 0.286. The molecule has 0 saturated carbocycles. The van der Waals surface area contributed by atoms with E-state index >= 15 is 0 Å². The predicted octanol–water partition coefficient (Wildman–Crippen LogP) is 3.65. The van der Waals surface area contributed by atoms with E-state index < -0.39 is 52.9 Å². The first-order valence-electron chi connectivity index (χ1n) is 12.6. The minimum Gasteiger partial charge on any atom is -0.393 e. The number of fused-ring (bicyclic) bond motifs is 10. The first-order chi connectivity index (χ1) is 19.0. The molecule has 1 saturated heterocycles. The van der Waals surface area contributed by atoms with Crippen LogP contribution in [0.5, 0.6) is 0 Å². The molecule has 3 unspecified atom stereocenters. The molecular formula is C28H21F4N3O5. The highest BCUT2D eigenvalue weighted by molar-refractivity contribution is 6.33. The first-order valence-corrected chi connectivity index (χ1v) is 12.6. The summed E-state index contributed by atoms with van der Waals surface area (Å²) in [5.74, 6) is -6.10. The highest BCUT2D eigenvalue weighted by Gasteiger charge is 2.45. The van der Waals surface area contributed by atoms with Crippen LogP contribution in [-0.2, 0) is 11.3 Å². The summed E-state index contributed by atoms with van der Waals surface area (Å²) in [6, 6.07) is 3.79. The Bertz CT molecular complexity index is 1820. The summed E-state index contributed by atoms with van der Waals surface area (Å²) in [4.78, 5) is 30.8. The molecule has 3 aromatic carbocycles. The average molecular weight is 555 g/mol. The van der Waals surface area contributed by atoms with Crippen molar-refractivity contribution < 1.29 is 42.1 Å². The topological polar surface area (TPSA) is 115 Å². The highest BCUT2D eigenvalue weighted by Crippen LogP contribution is 2.49. The van der Waals surface area contributed by atoms with E-state index in [1.165, 1.54) is 0 Å². The third-order valence-corrected chi connectivity index (χ3v) is 8.11. The zero-order valence-electron chi connectivity index (χ0n) is 20.9. The number of nitrogens with zero attached hydrogens (tertiary/aromatic N) is 1. The van der Waals surface area contributed by atoms with Crippen LogP contribution >= 0.6 is 0 Å². The van der Waals surface area contributed by atoms with Gasteiger partial charge in [0.15, 0.2) is 23.3 Å². The molecule has 12 heteroatoms. The molecule has 0 bridgehead atoms. The summed E-state index contributed by atoms with van der Waals surface area (Å²) in [5.41, 5.74) is 0.247. The van der Waals surface area contributed by atoms with E-state index in [-0.39, 0.29) is 70.3 Å². The Morgan fingerprint density at radius 2 is 1.68 bits per heavy atom. The summed E-state index contributed by atoms with van der Waals surface area (Å²) < 4.78 is 63.7. The number of carbonyl (C=O) groups excluding carboxylic acids is 2. The molecule has 4 aromatic rings. The lowest BCUT2D eigenvalue weighted by molar-refractivity contribution is -0.0650. The van der Waals surface area contributed by atoms with Crippen molar-refractivity contribution in [1.82, 2.24) is 10.3 Å². The quantitative estimate of drug-likeness (QED) is 0.227. The normalized spacial score (nSPS) is 23.6. The van der Waals surface area contributed by atoms with Crippen LogP contribution in [0.4, 0.5) is 23.2 Å². The molecule has 0 spiro atoms. The van der Waals surface area contributed by atoms with E-state index in [0.717, 1.165) is 24.3 Å². The van der Waals surface area contributed by atoms with Crippen molar-refractivity contribution in [2.45, 2.75) is 37.7 Å². The molecule has 3 atom stereocenters. The van der Waals surface area contributed by atoms with E-state index in [0.29, 0.717) is 11.1 Å². The van der Waals surface area contributed by atoms with Gasteiger partial charge in [-0.1, -0.05) is 0 Å². The SMILES string of the molecule is CC1(CO)CC(O)C(CN2Cc3c(c4c(c5c3[nH]c3cc(F)c(F)cc35)C(=O)NC4=O)-c3cc(F)c(F)cc32)O1. The average Bonchev–Trinajstić information content (AvgIpc) is 3.51. The van der Waals surface area contributed by atoms with Crippen molar-refractivity contribution in [3.8, 4) is 11.1 Å². The standard InChI is InChI=1S/C28H21F4N3O5/c1-28(9-36)6-19(37)20(40-28)8-35-7-12-21(11-3-14(30)16(32)5-18(11)35)23-24(27(39)34-26(23)38)22-10-2-13(29)15(31)4-17(10)33-25(12)22/h2-5,19-20,33,36-37H,6-9H2,1H3,(H,34,38,39). The number of anilines is 1. The summed E-state index contributed by atoms with van der Waals surface area (Å²) in [6.07, 6.45) is -1.61. The summed E-state index contributed by atoms with van der Waals surface area (Å²) in [6.45, 7) is 1.30. The van der Waals surface area contributed by atoms with Gasteiger partial charge in [0.2, 0.25) is 0 Å². The van der Waals surface area contributed by atoms with E-state index in [9.17, 15) is 37.4 Å². The molecule has 1 aromatic heterocycles. The second-order valence-corrected chi connectivity index (χ2v) is 10.8. The van der Waals surface area contributed by atoms with Crippen LogP contribution in [-0.4, -0.2) is 58.0 Å². The molecule has 206 valence electrons. The van der Waals surface area contributed by atoms with E-state index in [1.54, 1.807) is 11.8 Å². The maximum Gasteiger partial charge on any atom is 0.259 e. The molecule has 0 aliphatic carbocycles. The minimum absolute atomic E-state index is 0.00145. The maximum absolute atomic E-state index is 14.7. The van der Waals surface area contributed by atoms with Crippen LogP contribution in [0.3, 0.4) is 0 Å². The highest BCUT2D eigenvalue weighted by atomic mass is 19.2. The fourth-order valence-corrected chi connectivity index (χ4v) is 6.32. The second kappa shape index (κ2) is 8.26. The van der Waals surface area contributed by atoms with Crippen molar-refractivity contribution >= 4 is 39.3 Å². The monoisotopic (exact) mass is 555 g/mol. The zero-order valence-corrected chi connectivity index (χ0v) is 20.9. The van der Waals surface area contributed by atoms with Crippen LogP contribution in [0.1, 0.15) is 39.6 Å². The number of imide groups is 1. The Labute approximate surface area is 223 Å². The van der Waals surface area contributed by atoms with Gasteiger partial charge >= 0.3 is 0 Å². The number of rotatable bonds is 3. The smallest absolute Gasteiger partial charge is 0.259 e. The maximum atomic E-state index is 14.7. The molecule has 4 heterocycles. The number of ether oxygens (including phenoxy) is 1. The van der Waals surface area contributed by atoms with Gasteiger partial charge in [-0.25, -0.2) is 17.6 Å². The molecule has 1 fully saturated rings. The van der Waals surface area contributed by atoms with E-state index in [1.807, 2.05) is 0 Å². The van der Waals surface area contributed by atoms with Crippen LogP contribution in [0.25, 0.3) is 32.9 Å². The molecule has 8 nitrogen and oxygen atoms in total. The van der Waals surface area contributed by atoms with Gasteiger partial charge in [-0.3, -0.25) is 14.9 Å². The Morgan fingerprint density at radius 3 is 2.40 bits per heavy atom. The number of nitrogens with one attached hydrogen (secondary N) is 2. The Hall–Kier alpha value is -4.00. The number of benzene rings is 3. The summed E-state index contributed by atoms with van der Waals surface area (Å²) >= 11 is 0. The van der Waals surface area contributed by atoms with Gasteiger partial charge in [-0.2, -0.15) is 0 Å². The minimum atomic E-state index is -1.18. The number of aromatic nitrogens is 1. The lowest BCUT2D eigenvalue weighted by Crippen LogP contribution is -2.40. The Balaban J connectivity index is 1.51. The molecule has 3 aliphatic heterocycles. The van der Waals surface area contributed by atoms with E-state index in [2.05, 4.69) is 10.3 Å². The number of hydrogen-bond donors (Lipinski definition) is 4. The third-order valence-electron chi connectivity index (χ3n) is 8.11. The number of halogens is 4.